The van der Waals surface area contributed by atoms with Crippen LogP contribution in [0.2, 0.25) is 0 Å². The van der Waals surface area contributed by atoms with Crippen LogP contribution in [-0.4, -0.2) is 35.7 Å². The molecule has 0 bridgehead atoms. The molecule has 2 aromatic carbocycles. The number of anilines is 3. The van der Waals surface area contributed by atoms with E-state index in [1.54, 1.807) is 12.1 Å². The number of sulfone groups is 1. The molecule has 7 nitrogen and oxygen atoms in total. The van der Waals surface area contributed by atoms with E-state index in [0.29, 0.717) is 5.69 Å². The second-order valence-corrected chi connectivity index (χ2v) is 8.64. The first-order chi connectivity index (χ1) is 13.6. The molecule has 0 saturated carbocycles. The van der Waals surface area contributed by atoms with Gasteiger partial charge < -0.3 is 10.6 Å². The zero-order chi connectivity index (χ0) is 21.2. The monoisotopic (exact) mass is 419 g/mol. The van der Waals surface area contributed by atoms with Gasteiger partial charge in [-0.1, -0.05) is 12.1 Å². The van der Waals surface area contributed by atoms with Crippen molar-refractivity contribution in [3.05, 3.63) is 54.1 Å². The van der Waals surface area contributed by atoms with E-state index in [1.165, 1.54) is 18.2 Å². The van der Waals surface area contributed by atoms with E-state index in [0.717, 1.165) is 18.4 Å². The number of hydrogen-bond donors (Lipinski definition) is 2. The van der Waals surface area contributed by atoms with E-state index in [-0.39, 0.29) is 34.2 Å². The van der Waals surface area contributed by atoms with E-state index in [2.05, 4.69) is 25.6 Å². The highest BCUT2D eigenvalue weighted by Crippen LogP contribution is 2.26. The Balaban J connectivity index is 2.07. The number of benzene rings is 2. The smallest absolute Gasteiger partial charge is 0.232 e. The minimum absolute atomic E-state index is 0.00598. The molecular weight excluding hydrogens is 400 g/mol. The summed E-state index contributed by atoms with van der Waals surface area (Å²) in [5, 5.41) is 5.84. The van der Waals surface area contributed by atoms with Gasteiger partial charge in [0.25, 0.3) is 0 Å². The number of aromatic nitrogens is 3. The molecule has 0 unspecified atom stereocenters. The molecule has 0 amide bonds. The first kappa shape index (κ1) is 20.6. The highest BCUT2D eigenvalue weighted by Gasteiger charge is 2.17. The van der Waals surface area contributed by atoms with E-state index in [4.69, 9.17) is 0 Å². The summed E-state index contributed by atoms with van der Waals surface area (Å²) < 4.78 is 52.0. The van der Waals surface area contributed by atoms with Crippen LogP contribution in [0, 0.1) is 11.6 Å². The van der Waals surface area contributed by atoms with Gasteiger partial charge in [0.05, 0.1) is 10.5 Å². The first-order valence-electron chi connectivity index (χ1n) is 8.67. The Labute approximate surface area is 167 Å². The average molecular weight is 419 g/mol. The fraction of sp³-hybridized carbons (Fsp3) is 0.211. The van der Waals surface area contributed by atoms with Gasteiger partial charge in [-0.05, 0) is 44.2 Å². The van der Waals surface area contributed by atoms with Crippen molar-refractivity contribution in [1.82, 2.24) is 15.0 Å². The van der Waals surface area contributed by atoms with Gasteiger partial charge in [0.15, 0.2) is 15.7 Å². The third-order valence-corrected chi connectivity index (χ3v) is 4.87. The largest absolute Gasteiger partial charge is 0.352 e. The van der Waals surface area contributed by atoms with Gasteiger partial charge in [0, 0.05) is 18.0 Å². The lowest BCUT2D eigenvalue weighted by Crippen LogP contribution is -2.15. The molecule has 0 saturated heterocycles. The summed E-state index contributed by atoms with van der Waals surface area (Å²) in [5.74, 6) is -1.69. The Morgan fingerprint density at radius 3 is 2.17 bits per heavy atom. The molecule has 0 radical (unpaired) electrons. The third kappa shape index (κ3) is 5.02. The minimum atomic E-state index is -3.41. The van der Waals surface area contributed by atoms with E-state index in [9.17, 15) is 17.2 Å². The molecule has 3 aromatic rings. The Hall–Kier alpha value is -3.14. The van der Waals surface area contributed by atoms with Crippen molar-refractivity contribution < 1.29 is 17.2 Å². The normalized spacial score (nSPS) is 11.5. The summed E-state index contributed by atoms with van der Waals surface area (Å²) in [6, 6.07) is 9.48. The van der Waals surface area contributed by atoms with Crippen molar-refractivity contribution in [3.63, 3.8) is 0 Å². The van der Waals surface area contributed by atoms with Gasteiger partial charge in [-0.15, -0.1) is 0 Å². The van der Waals surface area contributed by atoms with Crippen LogP contribution in [0.5, 0.6) is 0 Å². The van der Waals surface area contributed by atoms with Crippen molar-refractivity contribution >= 4 is 27.4 Å². The fourth-order valence-corrected chi connectivity index (χ4v) is 3.18. The standard InChI is InChI=1S/C19H19F2N5O2S/c1-11(2)22-18-24-17(16-14(20)8-5-9-15(16)21)25-19(26-18)23-12-6-4-7-13(10-12)29(3,27)28/h4-11H,1-3H3,(H2,22,23,24,25,26). The SMILES string of the molecule is CC(C)Nc1nc(Nc2cccc(S(C)(=O)=O)c2)nc(-c2c(F)cccc2F)n1. The van der Waals surface area contributed by atoms with Crippen molar-refractivity contribution in [2.75, 3.05) is 16.9 Å². The van der Waals surface area contributed by atoms with E-state index in [1.807, 2.05) is 13.8 Å². The number of nitrogens with one attached hydrogen (secondary N) is 2. The predicted octanol–water partition coefficient (Wildman–Crippen LogP) is 3.78. The van der Waals surface area contributed by atoms with Gasteiger partial charge in [-0.3, -0.25) is 0 Å². The quantitative estimate of drug-likeness (QED) is 0.627. The highest BCUT2D eigenvalue weighted by atomic mass is 32.2. The van der Waals surface area contributed by atoms with Gasteiger partial charge in [0.2, 0.25) is 11.9 Å². The summed E-state index contributed by atoms with van der Waals surface area (Å²) in [7, 11) is -3.41. The van der Waals surface area contributed by atoms with Crippen molar-refractivity contribution in [1.29, 1.82) is 0 Å². The van der Waals surface area contributed by atoms with Gasteiger partial charge in [0.1, 0.15) is 11.6 Å². The second-order valence-electron chi connectivity index (χ2n) is 6.63. The molecular formula is C19H19F2N5O2S. The number of rotatable bonds is 6. The Bertz CT molecular complexity index is 1130. The molecule has 2 N–H and O–H groups in total. The summed E-state index contributed by atoms with van der Waals surface area (Å²) in [5.41, 5.74) is 0.0178. The topological polar surface area (TPSA) is 96.9 Å². The average Bonchev–Trinajstić information content (AvgIpc) is 2.60. The maximum absolute atomic E-state index is 14.2. The molecule has 0 spiro atoms. The molecule has 1 heterocycles. The van der Waals surface area contributed by atoms with E-state index >= 15 is 0 Å². The zero-order valence-electron chi connectivity index (χ0n) is 15.9. The summed E-state index contributed by atoms with van der Waals surface area (Å²) in [6.45, 7) is 3.71. The van der Waals surface area contributed by atoms with E-state index < -0.39 is 21.5 Å². The highest BCUT2D eigenvalue weighted by molar-refractivity contribution is 7.90. The second kappa shape index (κ2) is 8.08. The molecule has 0 aliphatic carbocycles. The maximum atomic E-state index is 14.2. The molecule has 1 aromatic heterocycles. The van der Waals surface area contributed by atoms with Crippen LogP contribution in [-0.2, 0) is 9.84 Å². The lowest BCUT2D eigenvalue weighted by molar-refractivity contribution is 0.587. The first-order valence-corrected chi connectivity index (χ1v) is 10.6. The van der Waals surface area contributed by atoms with Crippen LogP contribution in [0.3, 0.4) is 0 Å². The lowest BCUT2D eigenvalue weighted by atomic mass is 10.2. The van der Waals surface area contributed by atoms with Crippen molar-refractivity contribution in [2.24, 2.45) is 0 Å². The van der Waals surface area contributed by atoms with Crippen molar-refractivity contribution in [3.8, 4) is 11.4 Å². The van der Waals surface area contributed by atoms with Crippen LogP contribution < -0.4 is 10.6 Å². The molecule has 10 heteroatoms. The third-order valence-electron chi connectivity index (χ3n) is 3.76. The summed E-state index contributed by atoms with van der Waals surface area (Å²) in [4.78, 5) is 12.5. The van der Waals surface area contributed by atoms with Crippen LogP contribution >= 0.6 is 0 Å². The maximum Gasteiger partial charge on any atom is 0.232 e. The Kier molecular flexibility index (Phi) is 5.73. The van der Waals surface area contributed by atoms with Gasteiger partial charge >= 0.3 is 0 Å². The van der Waals surface area contributed by atoms with Gasteiger partial charge in [-0.25, -0.2) is 17.2 Å². The van der Waals surface area contributed by atoms with Crippen LogP contribution in [0.1, 0.15) is 13.8 Å². The van der Waals surface area contributed by atoms with Gasteiger partial charge in [-0.2, -0.15) is 15.0 Å². The molecule has 0 aliphatic rings. The molecule has 152 valence electrons. The Morgan fingerprint density at radius 2 is 1.55 bits per heavy atom. The molecule has 0 aliphatic heterocycles. The van der Waals surface area contributed by atoms with Crippen molar-refractivity contribution in [2.45, 2.75) is 24.8 Å². The summed E-state index contributed by atoms with van der Waals surface area (Å²) in [6.07, 6.45) is 1.10. The molecule has 29 heavy (non-hydrogen) atoms. The number of halogens is 2. The van der Waals surface area contributed by atoms with Crippen LogP contribution in [0.4, 0.5) is 26.4 Å². The molecule has 0 atom stereocenters. The van der Waals surface area contributed by atoms with Crippen LogP contribution in [0.25, 0.3) is 11.4 Å². The number of hydrogen-bond acceptors (Lipinski definition) is 7. The molecule has 3 rings (SSSR count). The predicted molar refractivity (Wildman–Crippen MR) is 107 cm³/mol. The zero-order valence-corrected chi connectivity index (χ0v) is 16.8. The Morgan fingerprint density at radius 1 is 0.931 bits per heavy atom. The number of nitrogens with zero attached hydrogens (tertiary/aromatic N) is 3. The lowest BCUT2D eigenvalue weighted by Gasteiger charge is -2.13. The molecule has 0 fully saturated rings. The minimum Gasteiger partial charge on any atom is -0.352 e. The fourth-order valence-electron chi connectivity index (χ4n) is 2.51. The summed E-state index contributed by atoms with van der Waals surface area (Å²) >= 11 is 0. The van der Waals surface area contributed by atoms with Crippen LogP contribution in [0.15, 0.2) is 47.4 Å².